The van der Waals surface area contributed by atoms with Gasteiger partial charge in [-0.05, 0) is 44.4 Å². The molecule has 0 aromatic carbocycles. The van der Waals surface area contributed by atoms with Crippen molar-refractivity contribution >= 4 is 0 Å². The molecule has 15 heavy (non-hydrogen) atoms. The van der Waals surface area contributed by atoms with E-state index in [1.54, 1.807) is 0 Å². The minimum absolute atomic E-state index is 0.358. The Morgan fingerprint density at radius 3 is 1.87 bits per heavy atom. The normalized spacial score (nSPS) is 28.4. The molecule has 1 aliphatic rings. The third kappa shape index (κ3) is 3.42. The Hall–Kier alpha value is -0.140. The highest BCUT2D eigenvalue weighted by Crippen LogP contribution is 2.41. The maximum absolute atomic E-state index is 13.1. The second-order valence-corrected chi connectivity index (χ2v) is 5.14. The largest absolute Gasteiger partial charge is 0.248 e. The third-order valence-corrected chi connectivity index (χ3v) is 4.20. The van der Waals surface area contributed by atoms with Gasteiger partial charge in [-0.3, -0.25) is 0 Å². The van der Waals surface area contributed by atoms with Crippen molar-refractivity contribution in [2.24, 2.45) is 17.8 Å². The van der Waals surface area contributed by atoms with E-state index in [0.29, 0.717) is 5.92 Å². The Kier molecular flexibility index (Phi) is 4.54. The van der Waals surface area contributed by atoms with Crippen LogP contribution in [0.1, 0.15) is 59.3 Å². The molecule has 0 nitrogen and oxygen atoms in total. The Morgan fingerprint density at radius 1 is 1.07 bits per heavy atom. The number of alkyl halides is 2. The summed E-state index contributed by atoms with van der Waals surface area (Å²) in [4.78, 5) is 0. The molecule has 0 radical (unpaired) electrons. The van der Waals surface area contributed by atoms with Crippen molar-refractivity contribution in [1.29, 1.82) is 0 Å². The highest BCUT2D eigenvalue weighted by molar-refractivity contribution is 4.82. The first kappa shape index (κ1) is 12.9. The van der Waals surface area contributed by atoms with E-state index in [4.69, 9.17) is 0 Å². The summed E-state index contributed by atoms with van der Waals surface area (Å²) in [7, 11) is 0. The Morgan fingerprint density at radius 2 is 1.53 bits per heavy atom. The first-order valence-corrected chi connectivity index (χ1v) is 6.36. The average Bonchev–Trinajstić information content (AvgIpc) is 2.19. The second kappa shape index (κ2) is 5.27. The quantitative estimate of drug-likeness (QED) is 0.630. The summed E-state index contributed by atoms with van der Waals surface area (Å²) in [6.45, 7) is 5.51. The van der Waals surface area contributed by atoms with Gasteiger partial charge < -0.3 is 0 Å². The molecule has 90 valence electrons. The molecule has 0 bridgehead atoms. The summed E-state index contributed by atoms with van der Waals surface area (Å²) in [5.41, 5.74) is 0. The van der Waals surface area contributed by atoms with Crippen molar-refractivity contribution in [2.45, 2.75) is 65.2 Å². The Bertz CT molecular complexity index is 171. The fraction of sp³-hybridized carbons (Fsp3) is 1.00. The molecule has 0 saturated heterocycles. The van der Waals surface area contributed by atoms with Crippen LogP contribution in [0.4, 0.5) is 8.78 Å². The molecule has 0 aromatic heterocycles. The van der Waals surface area contributed by atoms with Gasteiger partial charge >= 0.3 is 0 Å². The highest BCUT2D eigenvalue weighted by Gasteiger charge is 2.37. The van der Waals surface area contributed by atoms with E-state index in [1.807, 2.05) is 0 Å². The van der Waals surface area contributed by atoms with Crippen molar-refractivity contribution in [2.75, 3.05) is 0 Å². The van der Waals surface area contributed by atoms with Gasteiger partial charge in [-0.1, -0.05) is 26.7 Å². The van der Waals surface area contributed by atoms with Crippen LogP contribution in [0.15, 0.2) is 0 Å². The van der Waals surface area contributed by atoms with Gasteiger partial charge in [0.05, 0.1) is 0 Å². The summed E-state index contributed by atoms with van der Waals surface area (Å²) in [6, 6.07) is 0. The third-order valence-electron chi connectivity index (χ3n) is 4.20. The van der Waals surface area contributed by atoms with Gasteiger partial charge in [0.1, 0.15) is 0 Å². The van der Waals surface area contributed by atoms with E-state index >= 15 is 0 Å². The molecule has 0 aromatic rings. The van der Waals surface area contributed by atoms with Crippen molar-refractivity contribution in [3.8, 4) is 0 Å². The van der Waals surface area contributed by atoms with Gasteiger partial charge in [-0.15, -0.1) is 0 Å². The van der Waals surface area contributed by atoms with Crippen LogP contribution in [0.25, 0.3) is 0 Å². The molecule has 0 amide bonds. The van der Waals surface area contributed by atoms with Gasteiger partial charge in [0.25, 0.3) is 0 Å². The lowest BCUT2D eigenvalue weighted by molar-refractivity contribution is -0.0608. The molecule has 0 aliphatic heterocycles. The molecule has 1 rings (SSSR count). The van der Waals surface area contributed by atoms with Gasteiger partial charge in [0.15, 0.2) is 0 Å². The van der Waals surface area contributed by atoms with Crippen LogP contribution in [0, 0.1) is 17.8 Å². The molecule has 1 aliphatic carbocycles. The molecule has 0 N–H and O–H groups in total. The SMILES string of the molecule is CCC(CC)C1CCC(C(C)(F)F)CC1. The van der Waals surface area contributed by atoms with E-state index in [9.17, 15) is 8.78 Å². The maximum atomic E-state index is 13.1. The Balaban J connectivity index is 2.42. The first-order valence-electron chi connectivity index (χ1n) is 6.36. The molecule has 1 saturated carbocycles. The van der Waals surface area contributed by atoms with Crippen molar-refractivity contribution in [1.82, 2.24) is 0 Å². The predicted molar refractivity (Wildman–Crippen MR) is 60.1 cm³/mol. The smallest absolute Gasteiger partial charge is 0.207 e. The zero-order chi connectivity index (χ0) is 11.5. The molecule has 0 atom stereocenters. The number of hydrogen-bond donors (Lipinski definition) is 0. The average molecular weight is 218 g/mol. The minimum Gasteiger partial charge on any atom is -0.207 e. The Labute approximate surface area is 92.4 Å². The van der Waals surface area contributed by atoms with E-state index in [-0.39, 0.29) is 5.92 Å². The molecular weight excluding hydrogens is 194 g/mol. The van der Waals surface area contributed by atoms with Crippen molar-refractivity contribution < 1.29 is 8.78 Å². The number of halogens is 2. The summed E-state index contributed by atoms with van der Waals surface area (Å²) >= 11 is 0. The van der Waals surface area contributed by atoms with Crippen LogP contribution in [-0.2, 0) is 0 Å². The van der Waals surface area contributed by atoms with Gasteiger partial charge in [0.2, 0.25) is 5.92 Å². The van der Waals surface area contributed by atoms with E-state index in [0.717, 1.165) is 38.5 Å². The number of rotatable bonds is 4. The van der Waals surface area contributed by atoms with Crippen molar-refractivity contribution in [3.05, 3.63) is 0 Å². The molecule has 1 fully saturated rings. The van der Waals surface area contributed by atoms with E-state index < -0.39 is 5.92 Å². The van der Waals surface area contributed by atoms with Crippen LogP contribution >= 0.6 is 0 Å². The zero-order valence-electron chi connectivity index (χ0n) is 10.2. The van der Waals surface area contributed by atoms with Crippen LogP contribution < -0.4 is 0 Å². The van der Waals surface area contributed by atoms with Crippen LogP contribution in [-0.4, -0.2) is 5.92 Å². The second-order valence-electron chi connectivity index (χ2n) is 5.14. The van der Waals surface area contributed by atoms with Crippen LogP contribution in [0.5, 0.6) is 0 Å². The monoisotopic (exact) mass is 218 g/mol. The predicted octanol–water partition coefficient (Wildman–Crippen LogP) is 4.88. The molecular formula is C13H24F2. The lowest BCUT2D eigenvalue weighted by Crippen LogP contribution is -2.30. The van der Waals surface area contributed by atoms with E-state index in [2.05, 4.69) is 13.8 Å². The lowest BCUT2D eigenvalue weighted by atomic mass is 9.73. The fourth-order valence-electron chi connectivity index (χ4n) is 3.05. The summed E-state index contributed by atoms with van der Waals surface area (Å²) in [5, 5.41) is 0. The van der Waals surface area contributed by atoms with Gasteiger partial charge in [-0.2, -0.15) is 0 Å². The first-order chi connectivity index (χ1) is 6.99. The molecule has 0 heterocycles. The fourth-order valence-corrected chi connectivity index (χ4v) is 3.05. The van der Waals surface area contributed by atoms with Crippen LogP contribution in [0.3, 0.4) is 0 Å². The van der Waals surface area contributed by atoms with Gasteiger partial charge in [-0.25, -0.2) is 8.78 Å². The minimum atomic E-state index is -2.46. The summed E-state index contributed by atoms with van der Waals surface area (Å²) in [6.07, 6.45) is 5.89. The number of hydrogen-bond acceptors (Lipinski definition) is 0. The summed E-state index contributed by atoms with van der Waals surface area (Å²) < 4.78 is 26.2. The molecule has 2 heteroatoms. The zero-order valence-corrected chi connectivity index (χ0v) is 10.2. The topological polar surface area (TPSA) is 0 Å². The molecule has 0 unspecified atom stereocenters. The standard InChI is InChI=1S/C13H24F2/c1-4-10(5-2)11-6-8-12(9-7-11)13(3,14)15/h10-12H,4-9H2,1-3H3. The highest BCUT2D eigenvalue weighted by atomic mass is 19.3. The van der Waals surface area contributed by atoms with Crippen LogP contribution in [0.2, 0.25) is 0 Å². The molecule has 0 spiro atoms. The van der Waals surface area contributed by atoms with Gasteiger partial charge in [0, 0.05) is 5.92 Å². The summed E-state index contributed by atoms with van der Waals surface area (Å²) in [5.74, 6) is -1.35. The van der Waals surface area contributed by atoms with Crippen molar-refractivity contribution in [3.63, 3.8) is 0 Å². The van der Waals surface area contributed by atoms with E-state index in [1.165, 1.54) is 12.8 Å². The maximum Gasteiger partial charge on any atom is 0.248 e. The lowest BCUT2D eigenvalue weighted by Gasteiger charge is -2.35.